The van der Waals surface area contributed by atoms with Crippen molar-refractivity contribution in [3.8, 4) is 0 Å². The maximum Gasteiger partial charge on any atom is -0.0300 e. The third-order valence-corrected chi connectivity index (χ3v) is 1.39. The van der Waals surface area contributed by atoms with E-state index in [0.717, 1.165) is 6.42 Å². The van der Waals surface area contributed by atoms with E-state index < -0.39 is 0 Å². The van der Waals surface area contributed by atoms with Crippen LogP contribution in [0.1, 0.15) is 27.2 Å². The number of allylic oxidation sites excluding steroid dienone is 8. The molecule has 0 heteroatoms. The summed E-state index contributed by atoms with van der Waals surface area (Å²) in [6.45, 7) is 6.20. The van der Waals surface area contributed by atoms with Crippen molar-refractivity contribution < 1.29 is 0 Å². The zero-order chi connectivity index (χ0) is 9.23. The summed E-state index contributed by atoms with van der Waals surface area (Å²) in [5, 5.41) is 0. The minimum atomic E-state index is 1.08. The van der Waals surface area contributed by atoms with E-state index in [2.05, 4.69) is 37.3 Å². The fourth-order valence-corrected chi connectivity index (χ4v) is 0.898. The van der Waals surface area contributed by atoms with Crippen molar-refractivity contribution in [2.45, 2.75) is 27.2 Å². The molecule has 0 aliphatic carbocycles. The van der Waals surface area contributed by atoms with Crippen molar-refractivity contribution in [3.63, 3.8) is 0 Å². The van der Waals surface area contributed by atoms with Gasteiger partial charge in [-0.05, 0) is 25.8 Å². The van der Waals surface area contributed by atoms with Gasteiger partial charge in [0.05, 0.1) is 0 Å². The average Bonchev–Trinajstić information content (AvgIpc) is 2.06. The Balaban J connectivity index is 4.22. The van der Waals surface area contributed by atoms with Gasteiger partial charge in [-0.2, -0.15) is 0 Å². The van der Waals surface area contributed by atoms with Crippen molar-refractivity contribution in [2.24, 2.45) is 0 Å². The maximum absolute atomic E-state index is 2.21. The lowest BCUT2D eigenvalue weighted by Gasteiger charge is -1.90. The topological polar surface area (TPSA) is 0 Å². The predicted octanol–water partition coefficient (Wildman–Crippen LogP) is 4.03. The Morgan fingerprint density at radius 1 is 1.00 bits per heavy atom. The van der Waals surface area contributed by atoms with Crippen LogP contribution in [0.2, 0.25) is 0 Å². The van der Waals surface area contributed by atoms with Gasteiger partial charge < -0.3 is 0 Å². The number of hydrogen-bond acceptors (Lipinski definition) is 0. The normalized spacial score (nSPS) is 14.1. The first kappa shape index (κ1) is 11.0. The molecule has 12 heavy (non-hydrogen) atoms. The van der Waals surface area contributed by atoms with Gasteiger partial charge in [-0.3, -0.25) is 0 Å². The van der Waals surface area contributed by atoms with Crippen LogP contribution in [0.15, 0.2) is 48.1 Å². The molecule has 0 heterocycles. The molecule has 0 N–H and O–H groups in total. The minimum Gasteiger partial charge on any atom is -0.0877 e. The van der Waals surface area contributed by atoms with Crippen LogP contribution in [0.4, 0.5) is 0 Å². The molecule has 0 bridgehead atoms. The van der Waals surface area contributed by atoms with E-state index in [1.807, 2.05) is 26.0 Å². The molecule has 0 rings (SSSR count). The first-order valence-electron chi connectivity index (χ1n) is 4.47. The van der Waals surface area contributed by atoms with E-state index in [4.69, 9.17) is 0 Å². The molecule has 0 amide bonds. The molecular formula is C12H18. The van der Waals surface area contributed by atoms with Crippen LogP contribution >= 0.6 is 0 Å². The summed E-state index contributed by atoms with van der Waals surface area (Å²) in [4.78, 5) is 0. The summed E-state index contributed by atoms with van der Waals surface area (Å²) in [7, 11) is 0. The van der Waals surface area contributed by atoms with Crippen LogP contribution in [0.25, 0.3) is 0 Å². The highest BCUT2D eigenvalue weighted by Gasteiger charge is 1.80. The summed E-state index contributed by atoms with van der Waals surface area (Å²) < 4.78 is 0. The fraction of sp³-hybridized carbons (Fsp3) is 0.333. The zero-order valence-corrected chi connectivity index (χ0v) is 8.25. The summed E-state index contributed by atoms with van der Waals surface area (Å²) in [6, 6.07) is 0. The fourth-order valence-electron chi connectivity index (χ4n) is 0.898. The van der Waals surface area contributed by atoms with Crippen LogP contribution in [-0.4, -0.2) is 0 Å². The van der Waals surface area contributed by atoms with Gasteiger partial charge in [0.2, 0.25) is 0 Å². The van der Waals surface area contributed by atoms with Crippen LogP contribution in [0.3, 0.4) is 0 Å². The highest BCUT2D eigenvalue weighted by atomic mass is 13.9. The Kier molecular flexibility index (Phi) is 7.36. The van der Waals surface area contributed by atoms with E-state index in [-0.39, 0.29) is 0 Å². The second-order valence-electron chi connectivity index (χ2n) is 2.50. The molecule has 0 fully saturated rings. The SMILES string of the molecule is C\C=C/C=C\C(=C/CC)\C=C\C. The molecule has 0 aliphatic heterocycles. The van der Waals surface area contributed by atoms with Crippen LogP contribution in [0, 0.1) is 0 Å². The highest BCUT2D eigenvalue weighted by Crippen LogP contribution is 2.01. The molecule has 0 saturated heterocycles. The van der Waals surface area contributed by atoms with Gasteiger partial charge in [0.1, 0.15) is 0 Å². The molecule has 0 nitrogen and oxygen atoms in total. The third kappa shape index (κ3) is 5.72. The van der Waals surface area contributed by atoms with Gasteiger partial charge in [-0.25, -0.2) is 0 Å². The van der Waals surface area contributed by atoms with Crippen LogP contribution in [-0.2, 0) is 0 Å². The molecule has 0 aromatic rings. The minimum absolute atomic E-state index is 1.08. The Bertz CT molecular complexity index is 202. The van der Waals surface area contributed by atoms with E-state index in [1.165, 1.54) is 5.57 Å². The van der Waals surface area contributed by atoms with E-state index in [1.54, 1.807) is 0 Å². The van der Waals surface area contributed by atoms with Crippen LogP contribution < -0.4 is 0 Å². The molecular weight excluding hydrogens is 144 g/mol. The largest absolute Gasteiger partial charge is 0.0877 e. The van der Waals surface area contributed by atoms with Gasteiger partial charge in [-0.1, -0.05) is 49.5 Å². The third-order valence-electron chi connectivity index (χ3n) is 1.39. The molecule has 0 aromatic carbocycles. The second kappa shape index (κ2) is 8.06. The maximum atomic E-state index is 2.21. The first-order chi connectivity index (χ1) is 5.85. The summed E-state index contributed by atoms with van der Waals surface area (Å²) >= 11 is 0. The Labute approximate surface area is 76.0 Å². The summed E-state index contributed by atoms with van der Waals surface area (Å²) in [5.74, 6) is 0. The van der Waals surface area contributed by atoms with E-state index in [9.17, 15) is 0 Å². The smallest absolute Gasteiger partial charge is 0.0300 e. The quantitative estimate of drug-likeness (QED) is 0.547. The number of hydrogen-bond donors (Lipinski definition) is 0. The predicted molar refractivity (Wildman–Crippen MR) is 57.1 cm³/mol. The molecule has 66 valence electrons. The van der Waals surface area contributed by atoms with Gasteiger partial charge in [0, 0.05) is 0 Å². The zero-order valence-electron chi connectivity index (χ0n) is 8.25. The van der Waals surface area contributed by atoms with Gasteiger partial charge in [-0.15, -0.1) is 0 Å². The number of rotatable bonds is 4. The lowest BCUT2D eigenvalue weighted by atomic mass is 10.2. The monoisotopic (exact) mass is 162 g/mol. The van der Waals surface area contributed by atoms with Gasteiger partial charge >= 0.3 is 0 Å². The molecule has 0 saturated carbocycles. The van der Waals surface area contributed by atoms with Gasteiger partial charge in [0.15, 0.2) is 0 Å². The molecule has 0 unspecified atom stereocenters. The van der Waals surface area contributed by atoms with Crippen molar-refractivity contribution in [1.82, 2.24) is 0 Å². The van der Waals surface area contributed by atoms with E-state index in [0.29, 0.717) is 0 Å². The first-order valence-corrected chi connectivity index (χ1v) is 4.47. The Hall–Kier alpha value is -1.04. The molecule has 0 atom stereocenters. The summed E-state index contributed by atoms with van der Waals surface area (Å²) in [6.07, 6.45) is 15.7. The lowest BCUT2D eigenvalue weighted by molar-refractivity contribution is 1.21. The highest BCUT2D eigenvalue weighted by molar-refractivity contribution is 5.31. The van der Waals surface area contributed by atoms with Crippen molar-refractivity contribution in [2.75, 3.05) is 0 Å². The lowest BCUT2D eigenvalue weighted by Crippen LogP contribution is -1.69. The van der Waals surface area contributed by atoms with Gasteiger partial charge in [0.25, 0.3) is 0 Å². The van der Waals surface area contributed by atoms with Crippen molar-refractivity contribution in [3.05, 3.63) is 48.1 Å². The Morgan fingerprint density at radius 2 is 1.75 bits per heavy atom. The molecule has 0 aromatic heterocycles. The van der Waals surface area contributed by atoms with Crippen LogP contribution in [0.5, 0.6) is 0 Å². The second-order valence-corrected chi connectivity index (χ2v) is 2.50. The molecule has 0 radical (unpaired) electrons. The molecule has 0 aliphatic rings. The molecule has 0 spiro atoms. The summed E-state index contributed by atoms with van der Waals surface area (Å²) in [5.41, 5.74) is 1.28. The standard InChI is InChI=1S/C12H18/c1-4-7-8-11-12(9-5-2)10-6-3/h4-5,7-11H,6H2,1-3H3/b7-4-,9-5+,11-8-,12-10-. The van der Waals surface area contributed by atoms with Crippen molar-refractivity contribution >= 4 is 0 Å². The Morgan fingerprint density at radius 3 is 2.25 bits per heavy atom. The average molecular weight is 162 g/mol. The van der Waals surface area contributed by atoms with Crippen molar-refractivity contribution in [1.29, 1.82) is 0 Å². The van der Waals surface area contributed by atoms with E-state index >= 15 is 0 Å².